The maximum atomic E-state index is 13.3. The lowest BCUT2D eigenvalue weighted by Gasteiger charge is -2.32. The number of rotatable bonds is 3. The third kappa shape index (κ3) is 3.65. The quantitative estimate of drug-likeness (QED) is 0.515. The summed E-state index contributed by atoms with van der Waals surface area (Å²) in [5.41, 5.74) is 5.45. The lowest BCUT2D eigenvalue weighted by Crippen LogP contribution is -2.37. The molecule has 0 atom stereocenters. The van der Waals surface area contributed by atoms with Crippen molar-refractivity contribution in [1.82, 2.24) is 29.4 Å². The van der Waals surface area contributed by atoms with Crippen molar-refractivity contribution in [3.8, 4) is 0 Å². The second kappa shape index (κ2) is 8.44. The average molecular weight is 455 g/mol. The monoisotopic (exact) mass is 454 g/mol. The molecule has 1 fully saturated rings. The van der Waals surface area contributed by atoms with Crippen molar-refractivity contribution < 1.29 is 9.59 Å². The summed E-state index contributed by atoms with van der Waals surface area (Å²) >= 11 is 0. The number of H-pyrrole nitrogens is 1. The third-order valence-electron chi connectivity index (χ3n) is 7.11. The highest BCUT2D eigenvalue weighted by atomic mass is 16.2. The summed E-state index contributed by atoms with van der Waals surface area (Å²) < 4.78 is 1.77. The Morgan fingerprint density at radius 2 is 1.79 bits per heavy atom. The number of carbonyl (C=O) groups is 2. The van der Waals surface area contributed by atoms with Crippen LogP contribution in [0, 0.1) is 0 Å². The topological polar surface area (TPSA) is 86.6 Å². The molecule has 3 aromatic heterocycles. The molecule has 0 bridgehead atoms. The molecule has 172 valence electrons. The van der Waals surface area contributed by atoms with Crippen LogP contribution in [-0.2, 0) is 13.0 Å². The molecule has 0 aliphatic carbocycles. The van der Waals surface area contributed by atoms with Crippen molar-refractivity contribution in [2.45, 2.75) is 31.7 Å². The van der Waals surface area contributed by atoms with Crippen LogP contribution in [0.25, 0.3) is 5.52 Å². The molecule has 4 aromatic rings. The lowest BCUT2D eigenvalue weighted by molar-refractivity contribution is 0.0710. The normalized spacial score (nSPS) is 16.6. The third-order valence-corrected chi connectivity index (χ3v) is 7.11. The van der Waals surface area contributed by atoms with E-state index in [1.807, 2.05) is 46.3 Å². The molecule has 0 radical (unpaired) electrons. The fourth-order valence-corrected chi connectivity index (χ4v) is 5.15. The zero-order valence-corrected chi connectivity index (χ0v) is 18.9. The van der Waals surface area contributed by atoms with Crippen molar-refractivity contribution in [3.63, 3.8) is 0 Å². The standard InChI is InChI=1S/C26H26N6O2/c33-25(19-4-2-1-3-5-19)30-10-6-18(7-11-30)20-8-13-32-24(14-20)21(15-29-32)26(34)31-12-9-22-23(16-31)28-17-27-22/h1-5,8,13-15,17-18H,6-7,9-12,16H2,(H,27,28). The van der Waals surface area contributed by atoms with Crippen LogP contribution < -0.4 is 0 Å². The van der Waals surface area contributed by atoms with Gasteiger partial charge < -0.3 is 14.8 Å². The summed E-state index contributed by atoms with van der Waals surface area (Å²) in [4.78, 5) is 37.4. The highest BCUT2D eigenvalue weighted by molar-refractivity contribution is 6.00. The summed E-state index contributed by atoms with van der Waals surface area (Å²) in [5, 5.41) is 4.42. The SMILES string of the molecule is O=C(c1ccccc1)N1CCC(c2ccn3ncc(C(=O)N4CCc5nc[nH]c5C4)c3c2)CC1. The van der Waals surface area contributed by atoms with Crippen LogP contribution in [0.15, 0.2) is 61.2 Å². The average Bonchev–Trinajstić information content (AvgIpc) is 3.54. The Morgan fingerprint density at radius 3 is 2.62 bits per heavy atom. The van der Waals surface area contributed by atoms with Gasteiger partial charge in [-0.15, -0.1) is 0 Å². The van der Waals surface area contributed by atoms with E-state index in [0.717, 1.165) is 54.8 Å². The van der Waals surface area contributed by atoms with Gasteiger partial charge in [0.15, 0.2) is 0 Å². The molecule has 2 aliphatic rings. The molecule has 8 nitrogen and oxygen atoms in total. The van der Waals surface area contributed by atoms with Crippen LogP contribution >= 0.6 is 0 Å². The van der Waals surface area contributed by atoms with E-state index in [1.54, 1.807) is 17.0 Å². The van der Waals surface area contributed by atoms with Crippen molar-refractivity contribution in [1.29, 1.82) is 0 Å². The molecule has 8 heteroatoms. The molecule has 1 N–H and O–H groups in total. The predicted molar refractivity (Wildman–Crippen MR) is 127 cm³/mol. The first-order chi connectivity index (χ1) is 16.7. The largest absolute Gasteiger partial charge is 0.347 e. The molecule has 1 aromatic carbocycles. The Hall–Kier alpha value is -3.94. The number of amides is 2. The number of fused-ring (bicyclic) bond motifs is 2. The summed E-state index contributed by atoms with van der Waals surface area (Å²) in [6.07, 6.45) is 7.87. The van der Waals surface area contributed by atoms with E-state index in [-0.39, 0.29) is 11.8 Å². The minimum Gasteiger partial charge on any atom is -0.347 e. The number of piperidine rings is 1. The zero-order valence-electron chi connectivity index (χ0n) is 18.9. The molecule has 6 rings (SSSR count). The summed E-state index contributed by atoms with van der Waals surface area (Å²) in [6.45, 7) is 2.66. The molecular formula is C26H26N6O2. The number of aromatic nitrogens is 4. The zero-order chi connectivity index (χ0) is 23.1. The summed E-state index contributed by atoms with van der Waals surface area (Å²) in [7, 11) is 0. The molecule has 2 amide bonds. The molecule has 0 unspecified atom stereocenters. The minimum absolute atomic E-state index is 0.00400. The molecule has 0 spiro atoms. The van der Waals surface area contributed by atoms with Crippen molar-refractivity contribution in [2.24, 2.45) is 0 Å². The van der Waals surface area contributed by atoms with E-state index >= 15 is 0 Å². The minimum atomic E-state index is -0.00400. The van der Waals surface area contributed by atoms with Crippen molar-refractivity contribution >= 4 is 17.3 Å². The van der Waals surface area contributed by atoms with Gasteiger partial charge in [-0.3, -0.25) is 9.59 Å². The van der Waals surface area contributed by atoms with Crippen LogP contribution in [0.5, 0.6) is 0 Å². The van der Waals surface area contributed by atoms with Gasteiger partial charge in [-0.25, -0.2) is 9.50 Å². The van der Waals surface area contributed by atoms with Gasteiger partial charge in [-0.2, -0.15) is 5.10 Å². The number of imidazole rings is 1. The first-order valence-corrected chi connectivity index (χ1v) is 11.8. The smallest absolute Gasteiger partial charge is 0.258 e. The molecular weight excluding hydrogens is 428 g/mol. The molecule has 34 heavy (non-hydrogen) atoms. The number of nitrogens with zero attached hydrogens (tertiary/aromatic N) is 5. The van der Waals surface area contributed by atoms with E-state index < -0.39 is 0 Å². The molecule has 0 saturated carbocycles. The van der Waals surface area contributed by atoms with Gasteiger partial charge in [-0.1, -0.05) is 18.2 Å². The molecule has 5 heterocycles. The van der Waals surface area contributed by atoms with E-state index in [4.69, 9.17) is 0 Å². The number of likely N-dealkylation sites (tertiary alicyclic amines) is 1. The van der Waals surface area contributed by atoms with Crippen LogP contribution in [0.1, 0.15) is 56.4 Å². The Bertz CT molecular complexity index is 1350. The van der Waals surface area contributed by atoms with Gasteiger partial charge in [0, 0.05) is 37.8 Å². The van der Waals surface area contributed by atoms with Crippen LogP contribution in [0.2, 0.25) is 0 Å². The maximum Gasteiger partial charge on any atom is 0.258 e. The van der Waals surface area contributed by atoms with Crippen molar-refractivity contribution in [3.05, 3.63) is 89.3 Å². The number of aromatic amines is 1. The second-order valence-electron chi connectivity index (χ2n) is 9.09. The number of nitrogens with one attached hydrogen (secondary N) is 1. The fourth-order valence-electron chi connectivity index (χ4n) is 5.15. The van der Waals surface area contributed by atoms with Crippen LogP contribution in [0.4, 0.5) is 0 Å². The van der Waals surface area contributed by atoms with E-state index in [1.165, 1.54) is 5.56 Å². The first kappa shape index (κ1) is 20.7. The van der Waals surface area contributed by atoms with Gasteiger partial charge in [0.2, 0.25) is 0 Å². The molecule has 1 saturated heterocycles. The van der Waals surface area contributed by atoms with E-state index in [2.05, 4.69) is 27.2 Å². The van der Waals surface area contributed by atoms with Gasteiger partial charge in [0.25, 0.3) is 11.8 Å². The van der Waals surface area contributed by atoms with Crippen LogP contribution in [-0.4, -0.2) is 60.8 Å². The Labute approximate surface area is 197 Å². The first-order valence-electron chi connectivity index (χ1n) is 11.8. The number of hydrogen-bond acceptors (Lipinski definition) is 4. The second-order valence-corrected chi connectivity index (χ2v) is 9.09. The lowest BCUT2D eigenvalue weighted by atomic mass is 9.89. The highest BCUT2D eigenvalue weighted by Crippen LogP contribution is 2.30. The van der Waals surface area contributed by atoms with E-state index in [0.29, 0.717) is 24.6 Å². The number of pyridine rings is 1. The van der Waals surface area contributed by atoms with Crippen molar-refractivity contribution in [2.75, 3.05) is 19.6 Å². The maximum absolute atomic E-state index is 13.3. The number of hydrogen-bond donors (Lipinski definition) is 1. The van der Waals surface area contributed by atoms with Gasteiger partial charge in [0.1, 0.15) is 0 Å². The summed E-state index contributed by atoms with van der Waals surface area (Å²) in [5.74, 6) is 0.445. The number of benzene rings is 1. The number of carbonyl (C=O) groups excluding carboxylic acids is 2. The van der Waals surface area contributed by atoms with Crippen LogP contribution in [0.3, 0.4) is 0 Å². The Morgan fingerprint density at radius 1 is 0.971 bits per heavy atom. The predicted octanol–water partition coefficient (Wildman–Crippen LogP) is 3.28. The van der Waals surface area contributed by atoms with Gasteiger partial charge in [-0.05, 0) is 48.6 Å². The Kier molecular flexibility index (Phi) is 5.13. The fraction of sp³-hybridized carbons (Fsp3) is 0.308. The molecule has 2 aliphatic heterocycles. The summed E-state index contributed by atoms with van der Waals surface area (Å²) in [6, 6.07) is 13.7. The van der Waals surface area contributed by atoms with E-state index in [9.17, 15) is 9.59 Å². The highest BCUT2D eigenvalue weighted by Gasteiger charge is 2.27. The van der Waals surface area contributed by atoms with Gasteiger partial charge in [0.05, 0.1) is 41.5 Å². The van der Waals surface area contributed by atoms with Gasteiger partial charge >= 0.3 is 0 Å². The Balaban J connectivity index is 1.18.